The molecule has 0 saturated carbocycles. The van der Waals surface area contributed by atoms with Gasteiger partial charge >= 0.3 is 0 Å². The lowest BCUT2D eigenvalue weighted by atomic mass is 10.1. The Kier molecular flexibility index (Phi) is 5.70. The van der Waals surface area contributed by atoms with E-state index in [1.54, 1.807) is 6.92 Å². The van der Waals surface area contributed by atoms with Gasteiger partial charge in [0.25, 0.3) is 5.69 Å². The molecule has 0 heterocycles. The first kappa shape index (κ1) is 13.1. The highest BCUT2D eigenvalue weighted by atomic mass is 16.6. The molecular weight excluding hydrogens is 196 g/mol. The van der Waals surface area contributed by atoms with Crippen molar-refractivity contribution in [3.63, 3.8) is 0 Å². The van der Waals surface area contributed by atoms with Crippen LogP contribution in [0.2, 0.25) is 0 Å². The van der Waals surface area contributed by atoms with Gasteiger partial charge in [-0.25, -0.2) is 0 Å². The van der Waals surface area contributed by atoms with Gasteiger partial charge in [0.1, 0.15) is 0 Å². The molecule has 0 amide bonds. The molecule has 5 heteroatoms. The number of oxime groups is 1. The summed E-state index contributed by atoms with van der Waals surface area (Å²) in [7, 11) is 0. The first-order valence-corrected chi connectivity index (χ1v) is 4.58. The maximum Gasteiger partial charge on any atom is 0.269 e. The quantitative estimate of drug-likeness (QED) is 0.353. The molecule has 15 heavy (non-hydrogen) atoms. The highest BCUT2D eigenvalue weighted by molar-refractivity contribution is 5.98. The van der Waals surface area contributed by atoms with Crippen LogP contribution in [0.4, 0.5) is 5.69 Å². The fraction of sp³-hybridized carbons (Fsp3) is 0.300. The van der Waals surface area contributed by atoms with Gasteiger partial charge < -0.3 is 5.21 Å². The Labute approximate surface area is 88.2 Å². The molecule has 1 N–H and O–H groups in total. The number of nitrogens with zero attached hydrogens (tertiary/aromatic N) is 2. The molecule has 0 aliphatic heterocycles. The maximum absolute atomic E-state index is 10.3. The van der Waals surface area contributed by atoms with Crippen molar-refractivity contribution in [3.8, 4) is 0 Å². The zero-order chi connectivity index (χ0) is 11.8. The fourth-order valence-electron chi connectivity index (χ4n) is 0.882. The number of nitro benzene ring substituents is 1. The van der Waals surface area contributed by atoms with Crippen molar-refractivity contribution in [2.75, 3.05) is 0 Å². The van der Waals surface area contributed by atoms with E-state index in [4.69, 9.17) is 5.21 Å². The van der Waals surface area contributed by atoms with Crippen molar-refractivity contribution in [1.82, 2.24) is 0 Å². The van der Waals surface area contributed by atoms with E-state index in [9.17, 15) is 10.1 Å². The maximum atomic E-state index is 10.3. The Hall–Kier alpha value is -1.91. The molecule has 0 spiro atoms. The molecule has 0 aliphatic carbocycles. The van der Waals surface area contributed by atoms with Crippen LogP contribution in [0.3, 0.4) is 0 Å². The highest BCUT2D eigenvalue weighted by Crippen LogP contribution is 2.12. The lowest BCUT2D eigenvalue weighted by Gasteiger charge is -1.96. The van der Waals surface area contributed by atoms with E-state index in [0.717, 1.165) is 0 Å². The molecule has 0 fully saturated rings. The van der Waals surface area contributed by atoms with Crippen molar-refractivity contribution >= 4 is 11.4 Å². The van der Waals surface area contributed by atoms with E-state index >= 15 is 0 Å². The summed E-state index contributed by atoms with van der Waals surface area (Å²) in [5.41, 5.74) is 1.11. The minimum absolute atomic E-state index is 0.0227. The van der Waals surface area contributed by atoms with Crippen LogP contribution < -0.4 is 0 Å². The Morgan fingerprint density at radius 3 is 2.13 bits per heavy atom. The van der Waals surface area contributed by atoms with Crippen LogP contribution in [-0.2, 0) is 0 Å². The third-order valence-electron chi connectivity index (χ3n) is 1.65. The third-order valence-corrected chi connectivity index (χ3v) is 1.65. The number of benzene rings is 1. The Bertz CT molecular complexity index is 344. The van der Waals surface area contributed by atoms with E-state index in [1.165, 1.54) is 24.3 Å². The van der Waals surface area contributed by atoms with E-state index in [1.807, 2.05) is 13.8 Å². The Morgan fingerprint density at radius 2 is 1.80 bits per heavy atom. The van der Waals surface area contributed by atoms with Gasteiger partial charge in [-0.3, -0.25) is 10.1 Å². The molecule has 0 atom stereocenters. The summed E-state index contributed by atoms with van der Waals surface area (Å²) in [6.45, 7) is 5.61. The van der Waals surface area contributed by atoms with Crippen molar-refractivity contribution in [3.05, 3.63) is 39.9 Å². The average Bonchev–Trinajstić information content (AvgIpc) is 2.31. The van der Waals surface area contributed by atoms with Gasteiger partial charge in [-0.15, -0.1) is 0 Å². The molecule has 0 aromatic heterocycles. The second kappa shape index (κ2) is 6.53. The second-order valence-corrected chi connectivity index (χ2v) is 2.49. The number of hydrogen-bond acceptors (Lipinski definition) is 4. The van der Waals surface area contributed by atoms with Crippen LogP contribution in [-0.4, -0.2) is 15.8 Å². The van der Waals surface area contributed by atoms with Gasteiger partial charge in [0.2, 0.25) is 0 Å². The molecule has 5 nitrogen and oxygen atoms in total. The van der Waals surface area contributed by atoms with Crippen molar-refractivity contribution in [2.45, 2.75) is 20.8 Å². The Morgan fingerprint density at radius 1 is 1.33 bits per heavy atom. The first-order valence-electron chi connectivity index (χ1n) is 4.58. The fourth-order valence-corrected chi connectivity index (χ4v) is 0.882. The second-order valence-electron chi connectivity index (χ2n) is 2.49. The molecule has 0 aliphatic rings. The van der Waals surface area contributed by atoms with E-state index in [2.05, 4.69) is 5.16 Å². The molecular formula is C10H14N2O3. The summed E-state index contributed by atoms with van der Waals surface area (Å²) in [6.07, 6.45) is 0. The van der Waals surface area contributed by atoms with Crippen LogP contribution in [0.5, 0.6) is 0 Å². The topological polar surface area (TPSA) is 75.7 Å². The molecule has 1 aromatic rings. The van der Waals surface area contributed by atoms with Crippen LogP contribution in [0.1, 0.15) is 26.3 Å². The largest absolute Gasteiger partial charge is 0.411 e. The number of nitro groups is 1. The summed E-state index contributed by atoms with van der Waals surface area (Å²) >= 11 is 0. The summed E-state index contributed by atoms with van der Waals surface area (Å²) < 4.78 is 0. The predicted molar refractivity (Wildman–Crippen MR) is 58.4 cm³/mol. The smallest absolute Gasteiger partial charge is 0.269 e. The van der Waals surface area contributed by atoms with Crippen molar-refractivity contribution in [1.29, 1.82) is 0 Å². The van der Waals surface area contributed by atoms with Crippen molar-refractivity contribution in [2.24, 2.45) is 5.16 Å². The van der Waals surface area contributed by atoms with Gasteiger partial charge in [0, 0.05) is 12.1 Å². The monoisotopic (exact) mass is 210 g/mol. The predicted octanol–water partition coefficient (Wildman–Crippen LogP) is 2.82. The minimum Gasteiger partial charge on any atom is -0.411 e. The third kappa shape index (κ3) is 3.76. The number of hydrogen-bond donors (Lipinski definition) is 1. The van der Waals surface area contributed by atoms with Crippen LogP contribution in [0.15, 0.2) is 29.4 Å². The van der Waals surface area contributed by atoms with Crippen molar-refractivity contribution < 1.29 is 10.1 Å². The molecule has 82 valence electrons. The van der Waals surface area contributed by atoms with E-state index in [-0.39, 0.29) is 5.69 Å². The standard InChI is InChI=1S/C8H8N2O3.C2H6/c1-6(9-11)7-2-4-8(5-3-7)10(12)13;1-2/h2-5,11H,1H3;1-2H3/b9-6-;. The molecule has 0 saturated heterocycles. The Balaban J connectivity index is 0.000000921. The summed E-state index contributed by atoms with van der Waals surface area (Å²) in [5.74, 6) is 0. The van der Waals surface area contributed by atoms with E-state index in [0.29, 0.717) is 11.3 Å². The first-order chi connectivity index (χ1) is 7.15. The number of non-ortho nitro benzene ring substituents is 1. The van der Waals surface area contributed by atoms with E-state index < -0.39 is 4.92 Å². The zero-order valence-corrected chi connectivity index (χ0v) is 8.97. The van der Waals surface area contributed by atoms with Gasteiger partial charge in [0.15, 0.2) is 0 Å². The molecule has 1 aromatic carbocycles. The summed E-state index contributed by atoms with van der Waals surface area (Å²) in [4.78, 5) is 9.80. The SMILES string of the molecule is C/C(=N/O)c1ccc([N+](=O)[O-])cc1.CC. The minimum atomic E-state index is -0.477. The van der Waals surface area contributed by atoms with Gasteiger partial charge in [0.05, 0.1) is 10.6 Å². The molecule has 0 bridgehead atoms. The lowest BCUT2D eigenvalue weighted by Crippen LogP contribution is -1.94. The summed E-state index contributed by atoms with van der Waals surface area (Å²) in [6, 6.07) is 5.80. The van der Waals surface area contributed by atoms with Gasteiger partial charge in [-0.05, 0) is 24.6 Å². The normalized spacial score (nSPS) is 10.2. The zero-order valence-electron chi connectivity index (χ0n) is 8.97. The average molecular weight is 210 g/mol. The molecule has 1 rings (SSSR count). The molecule has 0 radical (unpaired) electrons. The number of rotatable bonds is 2. The summed E-state index contributed by atoms with van der Waals surface area (Å²) in [5, 5.41) is 21.7. The van der Waals surface area contributed by atoms with Crippen LogP contribution in [0, 0.1) is 10.1 Å². The van der Waals surface area contributed by atoms with Crippen LogP contribution >= 0.6 is 0 Å². The lowest BCUT2D eigenvalue weighted by molar-refractivity contribution is -0.384. The highest BCUT2D eigenvalue weighted by Gasteiger charge is 2.04. The van der Waals surface area contributed by atoms with Gasteiger partial charge in [-0.2, -0.15) is 0 Å². The van der Waals surface area contributed by atoms with Gasteiger partial charge in [-0.1, -0.05) is 19.0 Å². The van der Waals surface area contributed by atoms with Crippen LogP contribution in [0.25, 0.3) is 0 Å². The molecule has 0 unspecified atom stereocenters.